The smallest absolute Gasteiger partial charge is 0.191 e. The summed E-state index contributed by atoms with van der Waals surface area (Å²) in [4.78, 5) is 7.01. The first-order valence-electron chi connectivity index (χ1n) is 10.1. The van der Waals surface area contributed by atoms with Gasteiger partial charge < -0.3 is 25.0 Å². The molecule has 0 aromatic rings. The Balaban J connectivity index is 1.72. The van der Waals surface area contributed by atoms with Crippen LogP contribution in [0.25, 0.3) is 0 Å². The molecule has 26 heavy (non-hydrogen) atoms. The molecule has 0 saturated carbocycles. The highest BCUT2D eigenvalue weighted by Gasteiger charge is 2.33. The normalized spacial score (nSPS) is 22.3. The minimum absolute atomic E-state index is 0.287. The lowest BCUT2D eigenvalue weighted by Gasteiger charge is -2.37. The van der Waals surface area contributed by atoms with Crippen molar-refractivity contribution in [2.24, 2.45) is 4.99 Å². The summed E-state index contributed by atoms with van der Waals surface area (Å²) < 4.78 is 11.0. The van der Waals surface area contributed by atoms with E-state index in [4.69, 9.17) is 9.47 Å². The van der Waals surface area contributed by atoms with Crippen molar-refractivity contribution in [2.75, 3.05) is 65.9 Å². The maximum absolute atomic E-state index is 5.57. The molecule has 0 unspecified atom stereocenters. The van der Waals surface area contributed by atoms with Gasteiger partial charge in [0.2, 0.25) is 0 Å². The Morgan fingerprint density at radius 2 is 2.04 bits per heavy atom. The SMILES string of the molecule is CCSC1(CNC(=NC)NC2CCN(CCCOC)CC2)CCOCC1. The Hall–Kier alpha value is -0.500. The summed E-state index contributed by atoms with van der Waals surface area (Å²) in [5.41, 5.74) is 0. The zero-order valence-corrected chi connectivity index (χ0v) is 17.7. The van der Waals surface area contributed by atoms with Gasteiger partial charge in [0.1, 0.15) is 0 Å². The molecule has 2 saturated heterocycles. The molecule has 2 N–H and O–H groups in total. The van der Waals surface area contributed by atoms with Crippen LogP contribution in [-0.2, 0) is 9.47 Å². The molecular formula is C19H38N4O2S. The van der Waals surface area contributed by atoms with E-state index in [0.29, 0.717) is 6.04 Å². The van der Waals surface area contributed by atoms with Crippen molar-refractivity contribution >= 4 is 17.7 Å². The number of aliphatic imine (C=N–C) groups is 1. The van der Waals surface area contributed by atoms with Crippen LogP contribution in [0.4, 0.5) is 0 Å². The summed E-state index contributed by atoms with van der Waals surface area (Å²) in [5, 5.41) is 7.24. The van der Waals surface area contributed by atoms with E-state index in [9.17, 15) is 0 Å². The summed E-state index contributed by atoms with van der Waals surface area (Å²) >= 11 is 2.07. The van der Waals surface area contributed by atoms with Crippen LogP contribution < -0.4 is 10.6 Å². The van der Waals surface area contributed by atoms with Crippen molar-refractivity contribution in [2.45, 2.75) is 49.8 Å². The molecule has 6 nitrogen and oxygen atoms in total. The van der Waals surface area contributed by atoms with Crippen LogP contribution in [0.1, 0.15) is 39.0 Å². The standard InChI is InChI=1S/C19H38N4O2S/c1-4-26-19(8-14-25-15-9-19)16-21-18(20-2)22-17-6-11-23(12-7-17)10-5-13-24-3/h17H,4-16H2,1-3H3,(H2,20,21,22). The van der Waals surface area contributed by atoms with Crippen molar-refractivity contribution in [1.29, 1.82) is 0 Å². The third-order valence-electron chi connectivity index (χ3n) is 5.41. The van der Waals surface area contributed by atoms with Crippen LogP contribution >= 0.6 is 11.8 Å². The summed E-state index contributed by atoms with van der Waals surface area (Å²) in [6.45, 7) is 9.28. The molecule has 0 spiro atoms. The molecule has 7 heteroatoms. The number of hydrogen-bond donors (Lipinski definition) is 2. The molecule has 2 heterocycles. The minimum Gasteiger partial charge on any atom is -0.385 e. The first-order chi connectivity index (χ1) is 12.7. The van der Waals surface area contributed by atoms with E-state index in [-0.39, 0.29) is 4.75 Å². The highest BCUT2D eigenvalue weighted by molar-refractivity contribution is 8.00. The molecule has 0 amide bonds. The minimum atomic E-state index is 0.287. The maximum Gasteiger partial charge on any atom is 0.191 e. The average Bonchev–Trinajstić information content (AvgIpc) is 2.67. The number of thioether (sulfide) groups is 1. The van der Waals surface area contributed by atoms with E-state index in [1.807, 2.05) is 7.05 Å². The van der Waals surface area contributed by atoms with E-state index in [0.717, 1.165) is 77.0 Å². The molecule has 2 fully saturated rings. The number of likely N-dealkylation sites (tertiary alicyclic amines) is 1. The Morgan fingerprint density at radius 3 is 2.65 bits per heavy atom. The molecule has 0 aliphatic carbocycles. The fraction of sp³-hybridized carbons (Fsp3) is 0.947. The van der Waals surface area contributed by atoms with Crippen LogP contribution in [0, 0.1) is 0 Å². The number of piperidine rings is 1. The second-order valence-electron chi connectivity index (χ2n) is 7.26. The number of rotatable bonds is 9. The monoisotopic (exact) mass is 386 g/mol. The molecule has 2 aliphatic heterocycles. The second-order valence-corrected chi connectivity index (χ2v) is 8.99. The summed E-state index contributed by atoms with van der Waals surface area (Å²) in [6, 6.07) is 0.518. The average molecular weight is 387 g/mol. The lowest BCUT2D eigenvalue weighted by Crippen LogP contribution is -2.52. The van der Waals surface area contributed by atoms with Crippen LogP contribution in [0.2, 0.25) is 0 Å². The zero-order chi connectivity index (χ0) is 18.7. The van der Waals surface area contributed by atoms with Crippen molar-refractivity contribution in [3.05, 3.63) is 0 Å². The molecule has 0 aromatic heterocycles. The third kappa shape index (κ3) is 7.25. The summed E-state index contributed by atoms with van der Waals surface area (Å²) in [6.07, 6.45) is 5.72. The summed E-state index contributed by atoms with van der Waals surface area (Å²) in [5.74, 6) is 2.10. The van der Waals surface area contributed by atoms with Gasteiger partial charge in [-0.25, -0.2) is 0 Å². The van der Waals surface area contributed by atoms with Gasteiger partial charge in [0.05, 0.1) is 0 Å². The highest BCUT2D eigenvalue weighted by Crippen LogP contribution is 2.34. The Morgan fingerprint density at radius 1 is 1.31 bits per heavy atom. The largest absolute Gasteiger partial charge is 0.385 e. The van der Waals surface area contributed by atoms with Gasteiger partial charge in [-0.15, -0.1) is 0 Å². The van der Waals surface area contributed by atoms with E-state index < -0.39 is 0 Å². The van der Waals surface area contributed by atoms with Crippen LogP contribution in [0.5, 0.6) is 0 Å². The van der Waals surface area contributed by atoms with Gasteiger partial charge >= 0.3 is 0 Å². The fourth-order valence-electron chi connectivity index (χ4n) is 3.79. The van der Waals surface area contributed by atoms with E-state index in [1.165, 1.54) is 12.8 Å². The lowest BCUT2D eigenvalue weighted by molar-refractivity contribution is 0.0781. The quantitative estimate of drug-likeness (QED) is 0.359. The highest BCUT2D eigenvalue weighted by atomic mass is 32.2. The van der Waals surface area contributed by atoms with Crippen LogP contribution in [-0.4, -0.2) is 87.6 Å². The number of hydrogen-bond acceptors (Lipinski definition) is 5. The molecule has 2 aliphatic rings. The maximum atomic E-state index is 5.57. The van der Waals surface area contributed by atoms with Gasteiger partial charge in [0.15, 0.2) is 5.96 Å². The van der Waals surface area contributed by atoms with Crippen molar-refractivity contribution < 1.29 is 9.47 Å². The van der Waals surface area contributed by atoms with Gasteiger partial charge in [-0.1, -0.05) is 6.92 Å². The van der Waals surface area contributed by atoms with Gasteiger partial charge in [0.25, 0.3) is 0 Å². The number of ether oxygens (including phenoxy) is 2. The Bertz CT molecular complexity index is 403. The predicted molar refractivity (Wildman–Crippen MR) is 111 cm³/mol. The van der Waals surface area contributed by atoms with Gasteiger partial charge in [-0.2, -0.15) is 11.8 Å². The lowest BCUT2D eigenvalue weighted by atomic mass is 9.99. The van der Waals surface area contributed by atoms with Crippen molar-refractivity contribution in [3.8, 4) is 0 Å². The first kappa shape index (κ1) is 21.8. The van der Waals surface area contributed by atoms with Crippen LogP contribution in [0.15, 0.2) is 4.99 Å². The number of nitrogens with zero attached hydrogens (tertiary/aromatic N) is 2. The molecule has 2 rings (SSSR count). The topological polar surface area (TPSA) is 58.1 Å². The van der Waals surface area contributed by atoms with E-state index in [1.54, 1.807) is 7.11 Å². The van der Waals surface area contributed by atoms with Gasteiger partial charge in [-0.05, 0) is 37.9 Å². The Kier molecular flexibility index (Phi) is 10.1. The number of nitrogens with one attached hydrogen (secondary N) is 2. The molecule has 0 bridgehead atoms. The van der Waals surface area contributed by atoms with E-state index >= 15 is 0 Å². The molecular weight excluding hydrogens is 348 g/mol. The molecule has 152 valence electrons. The van der Waals surface area contributed by atoms with Crippen molar-refractivity contribution in [3.63, 3.8) is 0 Å². The number of methoxy groups -OCH3 is 1. The zero-order valence-electron chi connectivity index (χ0n) is 16.9. The molecule has 0 atom stereocenters. The van der Waals surface area contributed by atoms with Crippen LogP contribution in [0.3, 0.4) is 0 Å². The van der Waals surface area contributed by atoms with Gasteiger partial charge in [0, 0.05) is 70.9 Å². The van der Waals surface area contributed by atoms with E-state index in [2.05, 4.69) is 39.2 Å². The third-order valence-corrected chi connectivity index (χ3v) is 6.86. The van der Waals surface area contributed by atoms with Gasteiger partial charge in [-0.3, -0.25) is 4.99 Å². The molecule has 0 radical (unpaired) electrons. The summed E-state index contributed by atoms with van der Waals surface area (Å²) in [7, 11) is 3.65. The van der Waals surface area contributed by atoms with Crippen molar-refractivity contribution in [1.82, 2.24) is 15.5 Å². The fourth-order valence-corrected chi connectivity index (χ4v) is 5.03. The number of guanidine groups is 1. The Labute approximate surface area is 163 Å². The first-order valence-corrected chi connectivity index (χ1v) is 11.1. The predicted octanol–water partition coefficient (Wildman–Crippen LogP) is 1.95. The second kappa shape index (κ2) is 12.1. The molecule has 0 aromatic carbocycles.